The van der Waals surface area contributed by atoms with Gasteiger partial charge in [0.15, 0.2) is 0 Å². The van der Waals surface area contributed by atoms with Gasteiger partial charge in [0.2, 0.25) is 5.91 Å². The van der Waals surface area contributed by atoms with Gasteiger partial charge >= 0.3 is 0 Å². The fraction of sp³-hybridized carbons (Fsp3) is 0.917. The molecule has 2 rings (SSSR count). The van der Waals surface area contributed by atoms with Crippen molar-refractivity contribution in [2.45, 2.75) is 57.2 Å². The molecule has 4 heteroatoms. The highest BCUT2D eigenvalue weighted by Crippen LogP contribution is 2.37. The molecule has 92 valence electrons. The first-order valence-electron chi connectivity index (χ1n) is 6.23. The number of hydrogen-bond donors (Lipinski definition) is 2. The van der Waals surface area contributed by atoms with Gasteiger partial charge in [-0.05, 0) is 39.5 Å². The Balaban J connectivity index is 2.22. The van der Waals surface area contributed by atoms with Crippen LogP contribution in [0.3, 0.4) is 0 Å². The molecule has 0 aromatic heterocycles. The van der Waals surface area contributed by atoms with Crippen LogP contribution in [0.4, 0.5) is 0 Å². The minimum Gasteiger partial charge on any atom is -0.396 e. The number of aliphatic hydroxyl groups is 1. The van der Waals surface area contributed by atoms with E-state index in [4.69, 9.17) is 5.11 Å². The lowest BCUT2D eigenvalue weighted by molar-refractivity contribution is -0.128. The number of nitrogens with one attached hydrogen (secondary N) is 1. The van der Waals surface area contributed by atoms with Crippen molar-refractivity contribution in [2.75, 3.05) is 13.2 Å². The van der Waals surface area contributed by atoms with Gasteiger partial charge in [0.25, 0.3) is 0 Å². The number of amides is 1. The maximum atomic E-state index is 12.0. The van der Waals surface area contributed by atoms with Crippen molar-refractivity contribution in [3.8, 4) is 0 Å². The third-order valence-corrected chi connectivity index (χ3v) is 3.72. The van der Waals surface area contributed by atoms with Gasteiger partial charge in [-0.1, -0.05) is 0 Å². The zero-order valence-corrected chi connectivity index (χ0v) is 10.2. The molecule has 0 aromatic rings. The molecule has 1 saturated heterocycles. The van der Waals surface area contributed by atoms with Crippen LogP contribution >= 0.6 is 0 Å². The van der Waals surface area contributed by atoms with Gasteiger partial charge in [-0.3, -0.25) is 9.69 Å². The molecule has 1 unspecified atom stereocenters. The van der Waals surface area contributed by atoms with Crippen LogP contribution in [0.5, 0.6) is 0 Å². The summed E-state index contributed by atoms with van der Waals surface area (Å²) in [7, 11) is 0. The SMILES string of the molecule is CC1(C)CCNC(=O)C(CCO)N1C1CC1. The number of rotatable bonds is 3. The van der Waals surface area contributed by atoms with Crippen LogP contribution in [0.1, 0.15) is 39.5 Å². The topological polar surface area (TPSA) is 52.6 Å². The van der Waals surface area contributed by atoms with E-state index in [2.05, 4.69) is 24.1 Å². The minimum absolute atomic E-state index is 0.0557. The third-order valence-electron chi connectivity index (χ3n) is 3.72. The van der Waals surface area contributed by atoms with Crippen molar-refractivity contribution in [1.29, 1.82) is 0 Å². The van der Waals surface area contributed by atoms with Crippen LogP contribution in [-0.2, 0) is 4.79 Å². The Morgan fingerprint density at radius 1 is 1.50 bits per heavy atom. The highest BCUT2D eigenvalue weighted by molar-refractivity contribution is 5.82. The Morgan fingerprint density at radius 3 is 2.75 bits per heavy atom. The van der Waals surface area contributed by atoms with Crippen molar-refractivity contribution in [3.63, 3.8) is 0 Å². The Kier molecular flexibility index (Phi) is 3.22. The Labute approximate surface area is 97.0 Å². The average molecular weight is 226 g/mol. The van der Waals surface area contributed by atoms with E-state index in [1.165, 1.54) is 12.8 Å². The van der Waals surface area contributed by atoms with E-state index < -0.39 is 0 Å². The predicted molar refractivity (Wildman–Crippen MR) is 62.1 cm³/mol. The van der Waals surface area contributed by atoms with Gasteiger partial charge in [-0.25, -0.2) is 0 Å². The summed E-state index contributed by atoms with van der Waals surface area (Å²) in [4.78, 5) is 14.3. The molecule has 2 N–H and O–H groups in total. The van der Waals surface area contributed by atoms with Crippen molar-refractivity contribution >= 4 is 5.91 Å². The zero-order chi connectivity index (χ0) is 11.8. The van der Waals surface area contributed by atoms with E-state index in [1.54, 1.807) is 0 Å². The summed E-state index contributed by atoms with van der Waals surface area (Å²) in [6.07, 6.45) is 3.92. The summed E-state index contributed by atoms with van der Waals surface area (Å²) in [6.45, 7) is 5.24. The lowest BCUT2D eigenvalue weighted by Crippen LogP contribution is -2.53. The van der Waals surface area contributed by atoms with E-state index in [0.717, 1.165) is 13.0 Å². The molecule has 1 heterocycles. The minimum atomic E-state index is -0.144. The lowest BCUT2D eigenvalue weighted by atomic mass is 9.95. The first-order chi connectivity index (χ1) is 7.56. The Bertz CT molecular complexity index is 274. The van der Waals surface area contributed by atoms with Crippen LogP contribution in [0, 0.1) is 0 Å². The van der Waals surface area contributed by atoms with Gasteiger partial charge in [0.1, 0.15) is 0 Å². The molecular formula is C12H22N2O2. The summed E-state index contributed by atoms with van der Waals surface area (Å²) in [5.74, 6) is 0.0894. The van der Waals surface area contributed by atoms with Crippen LogP contribution in [0.15, 0.2) is 0 Å². The maximum Gasteiger partial charge on any atom is 0.237 e. The number of carbonyl (C=O) groups is 1. The highest BCUT2D eigenvalue weighted by Gasteiger charge is 2.45. The quantitative estimate of drug-likeness (QED) is 0.737. The van der Waals surface area contributed by atoms with Gasteiger partial charge in [0.05, 0.1) is 6.04 Å². The molecule has 1 amide bonds. The van der Waals surface area contributed by atoms with E-state index in [-0.39, 0.29) is 24.1 Å². The maximum absolute atomic E-state index is 12.0. The van der Waals surface area contributed by atoms with Gasteiger partial charge in [0, 0.05) is 24.7 Å². The molecule has 0 bridgehead atoms. The summed E-state index contributed by atoms with van der Waals surface area (Å²) in [5.41, 5.74) is 0.0557. The monoisotopic (exact) mass is 226 g/mol. The standard InChI is InChI=1S/C12H22N2O2/c1-12(2)6-7-13-11(16)10(5-8-15)14(12)9-3-4-9/h9-10,15H,3-8H2,1-2H3,(H,13,16). The second-order valence-electron chi connectivity index (χ2n) is 5.52. The highest BCUT2D eigenvalue weighted by atomic mass is 16.3. The first-order valence-corrected chi connectivity index (χ1v) is 6.23. The number of aliphatic hydroxyl groups excluding tert-OH is 1. The molecule has 1 aliphatic heterocycles. The van der Waals surface area contributed by atoms with Crippen molar-refractivity contribution in [3.05, 3.63) is 0 Å². The normalized spacial score (nSPS) is 30.9. The largest absolute Gasteiger partial charge is 0.396 e. The second kappa shape index (κ2) is 4.34. The van der Waals surface area contributed by atoms with Gasteiger partial charge in [-0.15, -0.1) is 0 Å². The smallest absolute Gasteiger partial charge is 0.237 e. The van der Waals surface area contributed by atoms with Crippen molar-refractivity contribution < 1.29 is 9.90 Å². The van der Waals surface area contributed by atoms with E-state index in [9.17, 15) is 4.79 Å². The van der Waals surface area contributed by atoms with Gasteiger partial charge in [-0.2, -0.15) is 0 Å². The summed E-state index contributed by atoms with van der Waals surface area (Å²) in [5, 5.41) is 12.1. The summed E-state index contributed by atoms with van der Waals surface area (Å²) < 4.78 is 0. The van der Waals surface area contributed by atoms with Gasteiger partial charge < -0.3 is 10.4 Å². The van der Waals surface area contributed by atoms with E-state index in [0.29, 0.717) is 12.5 Å². The Morgan fingerprint density at radius 2 is 2.19 bits per heavy atom. The first kappa shape index (κ1) is 11.9. The second-order valence-corrected chi connectivity index (χ2v) is 5.52. The molecule has 0 spiro atoms. The third kappa shape index (κ3) is 2.23. The molecule has 1 atom stereocenters. The zero-order valence-electron chi connectivity index (χ0n) is 10.2. The predicted octanol–water partition coefficient (Wildman–Crippen LogP) is 0.500. The van der Waals surface area contributed by atoms with Crippen molar-refractivity contribution in [1.82, 2.24) is 10.2 Å². The summed E-state index contributed by atoms with van der Waals surface area (Å²) in [6, 6.07) is 0.408. The van der Waals surface area contributed by atoms with Crippen LogP contribution in [-0.4, -0.2) is 46.7 Å². The van der Waals surface area contributed by atoms with Crippen LogP contribution < -0.4 is 5.32 Å². The number of nitrogens with zero attached hydrogens (tertiary/aromatic N) is 1. The lowest BCUT2D eigenvalue weighted by Gasteiger charge is -2.41. The molecule has 2 fully saturated rings. The van der Waals surface area contributed by atoms with E-state index in [1.807, 2.05) is 0 Å². The average Bonchev–Trinajstić information content (AvgIpc) is 2.99. The number of hydrogen-bond acceptors (Lipinski definition) is 3. The molecule has 1 saturated carbocycles. The molecular weight excluding hydrogens is 204 g/mol. The molecule has 0 aromatic carbocycles. The molecule has 1 aliphatic carbocycles. The molecule has 2 aliphatic rings. The molecule has 0 radical (unpaired) electrons. The number of carbonyl (C=O) groups excluding carboxylic acids is 1. The summed E-state index contributed by atoms with van der Waals surface area (Å²) >= 11 is 0. The molecule has 4 nitrogen and oxygen atoms in total. The Hall–Kier alpha value is -0.610. The van der Waals surface area contributed by atoms with Crippen molar-refractivity contribution in [2.24, 2.45) is 0 Å². The fourth-order valence-corrected chi connectivity index (χ4v) is 2.78. The van der Waals surface area contributed by atoms with Crippen LogP contribution in [0.2, 0.25) is 0 Å². The van der Waals surface area contributed by atoms with E-state index >= 15 is 0 Å². The van der Waals surface area contributed by atoms with Crippen LogP contribution in [0.25, 0.3) is 0 Å². The fourth-order valence-electron chi connectivity index (χ4n) is 2.78. The molecule has 16 heavy (non-hydrogen) atoms.